The molecule has 0 saturated heterocycles. The first-order valence-electron chi connectivity index (χ1n) is 0. The molecule has 0 aliphatic rings. The van der Waals surface area contributed by atoms with Gasteiger partial charge >= 0.3 is 158 Å². The summed E-state index contributed by atoms with van der Waals surface area (Å²) in [4.78, 5) is 0. The summed E-state index contributed by atoms with van der Waals surface area (Å²) < 4.78 is 0. The predicted octanol–water partition coefficient (Wildman–Crippen LogP) is -3.73. The van der Waals surface area contributed by atoms with Crippen molar-refractivity contribution in [3.63, 3.8) is 0 Å². The SMILES string of the molecule is [Ba+2].[Cs+].[O-2].[O-2].[O-2].[Sm+3]. The Hall–Kier alpha value is 4.84. The van der Waals surface area contributed by atoms with Crippen LogP contribution in [0.5, 0.6) is 0 Å². The van der Waals surface area contributed by atoms with E-state index in [1.54, 1.807) is 0 Å². The quantitative estimate of drug-likeness (QED) is 0.328. The van der Waals surface area contributed by atoms with Crippen LogP contribution in [0.2, 0.25) is 0 Å². The van der Waals surface area contributed by atoms with Crippen LogP contribution in [-0.4, -0.2) is 48.9 Å². The monoisotopic (exact) mass is 471 g/mol. The van der Waals surface area contributed by atoms with Gasteiger partial charge in [-0.15, -0.1) is 0 Å². The Kier molecular flexibility index (Phi) is 245. The molecule has 0 amide bonds. The van der Waals surface area contributed by atoms with E-state index in [1.807, 2.05) is 0 Å². The van der Waals surface area contributed by atoms with Crippen molar-refractivity contribution in [1.29, 1.82) is 0 Å². The zero-order valence-electron chi connectivity index (χ0n) is 3.34. The molecule has 27 valence electrons. The van der Waals surface area contributed by atoms with E-state index in [0.717, 1.165) is 0 Å². The summed E-state index contributed by atoms with van der Waals surface area (Å²) >= 11 is 0. The van der Waals surface area contributed by atoms with Gasteiger partial charge in [0.2, 0.25) is 0 Å². The fraction of sp³-hybridized carbons (Fsp3) is 0. The average Bonchev–Trinajstić information content (AvgIpc) is 0. The molecular formula is BaCsO3Sm. The van der Waals surface area contributed by atoms with E-state index in [0.29, 0.717) is 0 Å². The summed E-state index contributed by atoms with van der Waals surface area (Å²) in [6.45, 7) is 0. The maximum atomic E-state index is 0. The van der Waals surface area contributed by atoms with Gasteiger partial charge in [-0.2, -0.15) is 0 Å². The Bertz CT molecular complexity index is 10.8. The number of rotatable bonds is 0. The second-order valence-corrected chi connectivity index (χ2v) is 0. The molecule has 0 rings (SSSR count). The van der Waals surface area contributed by atoms with Crippen molar-refractivity contribution in [2.45, 2.75) is 0 Å². The van der Waals surface area contributed by atoms with Gasteiger partial charge in [0, 0.05) is 0 Å². The van der Waals surface area contributed by atoms with Crippen molar-refractivity contribution in [1.82, 2.24) is 0 Å². The molecule has 0 fully saturated rings. The minimum atomic E-state index is 0. The van der Waals surface area contributed by atoms with Crippen LogP contribution in [0.15, 0.2) is 0 Å². The van der Waals surface area contributed by atoms with E-state index >= 15 is 0 Å². The number of hydrogen-bond donors (Lipinski definition) is 0. The Morgan fingerprint density at radius 1 is 0.667 bits per heavy atom. The Balaban J connectivity index is 0. The van der Waals surface area contributed by atoms with E-state index < -0.39 is 0 Å². The Labute approximate surface area is 168 Å². The van der Waals surface area contributed by atoms with Gasteiger partial charge in [0.05, 0.1) is 0 Å². The van der Waals surface area contributed by atoms with Crippen molar-refractivity contribution < 1.29 is 126 Å². The van der Waals surface area contributed by atoms with Crippen LogP contribution >= 0.6 is 0 Å². The molecule has 3 nitrogen and oxygen atoms in total. The molecule has 0 heterocycles. The van der Waals surface area contributed by atoms with Gasteiger partial charge in [-0.3, -0.25) is 0 Å². The average molecular weight is 469 g/mol. The predicted molar refractivity (Wildman–Crippen MR) is 7.81 cm³/mol. The molecule has 0 aliphatic carbocycles. The van der Waals surface area contributed by atoms with Crippen molar-refractivity contribution in [2.75, 3.05) is 0 Å². The maximum absolute atomic E-state index is 0. The summed E-state index contributed by atoms with van der Waals surface area (Å²) in [5.41, 5.74) is 0. The van der Waals surface area contributed by atoms with Gasteiger partial charge < -0.3 is 16.4 Å². The normalized spacial score (nSPS) is 0. The molecule has 6 heteroatoms. The first kappa shape index (κ1) is 44.8. The van der Waals surface area contributed by atoms with Gasteiger partial charge in [0.25, 0.3) is 0 Å². The molecule has 0 bridgehead atoms. The third kappa shape index (κ3) is 23.2. The molecule has 0 aromatic rings. The summed E-state index contributed by atoms with van der Waals surface area (Å²) in [6, 6.07) is 0. The van der Waals surface area contributed by atoms with E-state index in [4.69, 9.17) is 0 Å². The van der Waals surface area contributed by atoms with E-state index in [9.17, 15) is 0 Å². The van der Waals surface area contributed by atoms with Crippen LogP contribution in [0, 0.1) is 40.4 Å². The summed E-state index contributed by atoms with van der Waals surface area (Å²) in [7, 11) is 0. The standard InChI is InChI=1S/Ba.Cs.3O.Sm/q+2;+1;3*-2;+3. The molecule has 0 aliphatic heterocycles. The molecule has 6 heavy (non-hydrogen) atoms. The Morgan fingerprint density at radius 3 is 0.667 bits per heavy atom. The molecule has 0 aromatic carbocycles. The third-order valence-electron chi connectivity index (χ3n) is 0. The molecule has 0 aromatic heterocycles. The topological polar surface area (TPSA) is 85.5 Å². The van der Waals surface area contributed by atoms with Crippen LogP contribution in [0.25, 0.3) is 0 Å². The number of hydrogen-bond acceptors (Lipinski definition) is 0. The van der Waals surface area contributed by atoms with Crippen LogP contribution in [-0.2, 0) is 16.4 Å². The molecular weight excluding hydrogens is 469 g/mol. The smallest absolute Gasteiger partial charge is 2.00 e. The van der Waals surface area contributed by atoms with Crippen LogP contribution in [0.3, 0.4) is 0 Å². The van der Waals surface area contributed by atoms with Crippen LogP contribution in [0.1, 0.15) is 0 Å². The van der Waals surface area contributed by atoms with Gasteiger partial charge in [-0.1, -0.05) is 0 Å². The largest absolute Gasteiger partial charge is 3.00 e. The van der Waals surface area contributed by atoms with Crippen LogP contribution < -0.4 is 68.9 Å². The molecule has 0 N–H and O–H groups in total. The molecule has 0 saturated carbocycles. The zero-order valence-corrected chi connectivity index (χ0v) is 16.7. The minimum Gasteiger partial charge on any atom is -2.00 e. The summed E-state index contributed by atoms with van der Waals surface area (Å²) in [6.07, 6.45) is 0. The molecule has 1 radical (unpaired) electrons. The summed E-state index contributed by atoms with van der Waals surface area (Å²) in [5.74, 6) is 0. The molecule has 0 spiro atoms. The fourth-order valence-electron chi connectivity index (χ4n) is 0. The third-order valence-corrected chi connectivity index (χ3v) is 0. The van der Waals surface area contributed by atoms with E-state index in [1.165, 1.54) is 0 Å². The van der Waals surface area contributed by atoms with Crippen LogP contribution in [0.4, 0.5) is 0 Å². The second kappa shape index (κ2) is 32.8. The van der Waals surface area contributed by atoms with Gasteiger partial charge in [-0.05, 0) is 0 Å². The minimum absolute atomic E-state index is 0. The van der Waals surface area contributed by atoms with E-state index in [-0.39, 0.29) is 175 Å². The van der Waals surface area contributed by atoms with Crippen molar-refractivity contribution in [3.05, 3.63) is 0 Å². The molecule has 0 atom stereocenters. The fourth-order valence-corrected chi connectivity index (χ4v) is 0. The van der Waals surface area contributed by atoms with Crippen molar-refractivity contribution in [3.8, 4) is 0 Å². The van der Waals surface area contributed by atoms with Crippen molar-refractivity contribution >= 4 is 48.9 Å². The van der Waals surface area contributed by atoms with E-state index in [2.05, 4.69) is 0 Å². The zero-order chi connectivity index (χ0) is 0. The Morgan fingerprint density at radius 2 is 0.667 bits per heavy atom. The first-order valence-corrected chi connectivity index (χ1v) is 0. The van der Waals surface area contributed by atoms with Gasteiger partial charge in [0.15, 0.2) is 0 Å². The summed E-state index contributed by atoms with van der Waals surface area (Å²) in [5, 5.41) is 0. The first-order chi connectivity index (χ1) is 0. The van der Waals surface area contributed by atoms with Gasteiger partial charge in [-0.25, -0.2) is 0 Å². The van der Waals surface area contributed by atoms with Crippen molar-refractivity contribution in [2.24, 2.45) is 0 Å². The van der Waals surface area contributed by atoms with Gasteiger partial charge in [0.1, 0.15) is 0 Å². The second-order valence-electron chi connectivity index (χ2n) is 0. The maximum Gasteiger partial charge on any atom is 3.00 e. The molecule has 0 unspecified atom stereocenters.